The highest BCUT2D eigenvalue weighted by Crippen LogP contribution is 2.22. The van der Waals surface area contributed by atoms with Crippen LogP contribution in [0.3, 0.4) is 0 Å². The average Bonchev–Trinajstić information content (AvgIpc) is 2.36. The summed E-state index contributed by atoms with van der Waals surface area (Å²) >= 11 is 1.44. The summed E-state index contributed by atoms with van der Waals surface area (Å²) in [5.74, 6) is 0.0874. The second-order valence-corrected chi connectivity index (χ2v) is 2.98. The lowest BCUT2D eigenvalue weighted by Crippen LogP contribution is -1.93. The van der Waals surface area contributed by atoms with Gasteiger partial charge in [-0.05, 0) is 17.6 Å². The van der Waals surface area contributed by atoms with E-state index < -0.39 is 0 Å². The molecule has 0 atom stereocenters. The number of anilines is 1. The van der Waals surface area contributed by atoms with Gasteiger partial charge in [0.15, 0.2) is 5.78 Å². The third kappa shape index (κ3) is 1.68. The van der Waals surface area contributed by atoms with Crippen LogP contribution in [-0.4, -0.2) is 5.78 Å². The number of Topliss-reactive ketones (excluding diaryl/α,β-unsaturated/α-hetero) is 1. The molecule has 0 unspecified atom stereocenters. The summed E-state index contributed by atoms with van der Waals surface area (Å²) in [5.41, 5.74) is 0.845. The molecule has 0 fully saturated rings. The number of carbonyl (C=O) groups excluding carboxylic acids is 1. The van der Waals surface area contributed by atoms with Crippen LogP contribution in [0.5, 0.6) is 0 Å². The van der Waals surface area contributed by atoms with Gasteiger partial charge in [0.25, 0.3) is 0 Å². The molecule has 1 N–H and O–H groups in total. The molecule has 11 heavy (non-hydrogen) atoms. The molecule has 0 aliphatic heterocycles. The van der Waals surface area contributed by atoms with E-state index in [1.165, 1.54) is 11.3 Å². The number of rotatable bonds is 3. The maximum atomic E-state index is 10.9. The summed E-state index contributed by atoms with van der Waals surface area (Å²) < 4.78 is 0. The molecular weight excluding hydrogens is 158 g/mol. The molecular formula is C8H9NOS. The number of hydrogen-bond donors (Lipinski definition) is 1. The van der Waals surface area contributed by atoms with Gasteiger partial charge in [0.1, 0.15) is 0 Å². The van der Waals surface area contributed by atoms with Crippen molar-refractivity contribution in [2.45, 2.75) is 6.92 Å². The zero-order valence-electron chi connectivity index (χ0n) is 6.26. The van der Waals surface area contributed by atoms with Crippen molar-refractivity contribution in [3.05, 3.63) is 29.1 Å². The highest BCUT2D eigenvalue weighted by Gasteiger charge is 2.06. The zero-order chi connectivity index (χ0) is 8.27. The van der Waals surface area contributed by atoms with E-state index >= 15 is 0 Å². The quantitative estimate of drug-likeness (QED) is 0.701. The largest absolute Gasteiger partial charge is 0.361 e. The first kappa shape index (κ1) is 8.01. The Morgan fingerprint density at radius 2 is 2.55 bits per heavy atom. The third-order valence-electron chi connectivity index (χ3n) is 1.24. The number of nitrogens with one attached hydrogen (secondary N) is 1. The van der Waals surface area contributed by atoms with Gasteiger partial charge in [-0.25, -0.2) is 0 Å². The summed E-state index contributed by atoms with van der Waals surface area (Å²) in [7, 11) is 0. The van der Waals surface area contributed by atoms with Crippen LogP contribution in [0.15, 0.2) is 24.2 Å². The molecule has 3 heteroatoms. The van der Waals surface area contributed by atoms with E-state index in [0.717, 1.165) is 10.6 Å². The fourth-order valence-corrected chi connectivity index (χ4v) is 1.57. The van der Waals surface area contributed by atoms with Crippen molar-refractivity contribution in [3.63, 3.8) is 0 Å². The molecule has 0 saturated carbocycles. The summed E-state index contributed by atoms with van der Waals surface area (Å²) in [4.78, 5) is 11.7. The van der Waals surface area contributed by atoms with Gasteiger partial charge in [0.2, 0.25) is 0 Å². The van der Waals surface area contributed by atoms with Crippen molar-refractivity contribution < 1.29 is 4.79 Å². The van der Waals surface area contributed by atoms with Crippen LogP contribution in [-0.2, 0) is 0 Å². The van der Waals surface area contributed by atoms with E-state index in [1.807, 2.05) is 11.4 Å². The normalized spacial score (nSPS) is 9.18. The Hall–Kier alpha value is -1.09. The topological polar surface area (TPSA) is 29.1 Å². The maximum absolute atomic E-state index is 10.9. The second-order valence-electron chi connectivity index (χ2n) is 2.07. The molecule has 0 amide bonds. The predicted molar refractivity (Wildman–Crippen MR) is 48.1 cm³/mol. The number of thiophene rings is 1. The lowest BCUT2D eigenvalue weighted by atomic mass is 10.3. The van der Waals surface area contributed by atoms with Gasteiger partial charge in [0.05, 0.1) is 10.6 Å². The standard InChI is InChI=1S/C8H9NOS/c1-3-9-7-4-5-11-8(7)6(2)10/h3-5,9H,1H2,2H3. The molecule has 0 bridgehead atoms. The van der Waals surface area contributed by atoms with Crippen molar-refractivity contribution in [1.82, 2.24) is 0 Å². The Morgan fingerprint density at radius 3 is 3.09 bits per heavy atom. The van der Waals surface area contributed by atoms with Crippen LogP contribution in [0.25, 0.3) is 0 Å². The van der Waals surface area contributed by atoms with Gasteiger partial charge in [-0.1, -0.05) is 6.58 Å². The molecule has 0 aliphatic rings. The van der Waals surface area contributed by atoms with Crippen LogP contribution in [0, 0.1) is 0 Å². The Balaban J connectivity index is 2.95. The highest BCUT2D eigenvalue weighted by atomic mass is 32.1. The molecule has 0 radical (unpaired) electrons. The summed E-state index contributed by atoms with van der Waals surface area (Å²) in [6.45, 7) is 5.07. The van der Waals surface area contributed by atoms with Crippen molar-refractivity contribution in [2.75, 3.05) is 5.32 Å². The molecule has 1 aromatic heterocycles. The second kappa shape index (κ2) is 3.34. The smallest absolute Gasteiger partial charge is 0.171 e. The van der Waals surface area contributed by atoms with Crippen LogP contribution < -0.4 is 5.32 Å². The lowest BCUT2D eigenvalue weighted by molar-refractivity contribution is 0.102. The van der Waals surface area contributed by atoms with Gasteiger partial charge in [-0.15, -0.1) is 11.3 Å². The molecule has 1 heterocycles. The summed E-state index contributed by atoms with van der Waals surface area (Å²) in [6, 6.07) is 1.86. The van der Waals surface area contributed by atoms with Crippen LogP contribution in [0.1, 0.15) is 16.6 Å². The monoisotopic (exact) mass is 167 g/mol. The molecule has 1 rings (SSSR count). The van der Waals surface area contributed by atoms with Crippen molar-refractivity contribution in [2.24, 2.45) is 0 Å². The Kier molecular flexibility index (Phi) is 2.44. The Labute approximate surface area is 69.6 Å². The van der Waals surface area contributed by atoms with Crippen molar-refractivity contribution in [3.8, 4) is 0 Å². The van der Waals surface area contributed by atoms with Crippen LogP contribution in [0.4, 0.5) is 5.69 Å². The molecule has 0 aliphatic carbocycles. The summed E-state index contributed by atoms with van der Waals surface area (Å²) in [5, 5.41) is 4.77. The molecule has 0 aromatic carbocycles. The highest BCUT2D eigenvalue weighted by molar-refractivity contribution is 7.12. The van der Waals surface area contributed by atoms with E-state index in [2.05, 4.69) is 11.9 Å². The van der Waals surface area contributed by atoms with Gasteiger partial charge in [-0.2, -0.15) is 0 Å². The Bertz CT molecular complexity index is 277. The van der Waals surface area contributed by atoms with Crippen molar-refractivity contribution >= 4 is 22.8 Å². The zero-order valence-corrected chi connectivity index (χ0v) is 7.07. The minimum Gasteiger partial charge on any atom is -0.361 e. The summed E-state index contributed by atoms with van der Waals surface area (Å²) in [6.07, 6.45) is 1.56. The fraction of sp³-hybridized carbons (Fsp3) is 0.125. The van der Waals surface area contributed by atoms with E-state index in [4.69, 9.17) is 0 Å². The van der Waals surface area contributed by atoms with Crippen LogP contribution >= 0.6 is 11.3 Å². The van der Waals surface area contributed by atoms with Gasteiger partial charge in [-0.3, -0.25) is 4.79 Å². The number of ketones is 1. The van der Waals surface area contributed by atoms with E-state index in [1.54, 1.807) is 13.1 Å². The first-order chi connectivity index (χ1) is 5.25. The first-order valence-electron chi connectivity index (χ1n) is 3.21. The maximum Gasteiger partial charge on any atom is 0.171 e. The van der Waals surface area contributed by atoms with Gasteiger partial charge < -0.3 is 5.32 Å². The molecule has 0 spiro atoms. The first-order valence-corrected chi connectivity index (χ1v) is 4.09. The minimum absolute atomic E-state index is 0.0874. The molecule has 1 aromatic rings. The SMILES string of the molecule is C=CNc1ccsc1C(C)=O. The Morgan fingerprint density at radius 1 is 1.82 bits per heavy atom. The molecule has 58 valence electrons. The fourth-order valence-electron chi connectivity index (χ4n) is 0.806. The van der Waals surface area contributed by atoms with E-state index in [9.17, 15) is 4.79 Å². The van der Waals surface area contributed by atoms with Crippen LogP contribution in [0.2, 0.25) is 0 Å². The lowest BCUT2D eigenvalue weighted by Gasteiger charge is -1.97. The minimum atomic E-state index is 0.0874. The molecule has 2 nitrogen and oxygen atoms in total. The predicted octanol–water partition coefficient (Wildman–Crippen LogP) is 2.51. The van der Waals surface area contributed by atoms with Gasteiger partial charge in [0, 0.05) is 6.92 Å². The number of carbonyl (C=O) groups is 1. The van der Waals surface area contributed by atoms with E-state index in [-0.39, 0.29) is 5.78 Å². The number of hydrogen-bond acceptors (Lipinski definition) is 3. The van der Waals surface area contributed by atoms with Crippen molar-refractivity contribution in [1.29, 1.82) is 0 Å². The third-order valence-corrected chi connectivity index (χ3v) is 2.26. The average molecular weight is 167 g/mol. The molecule has 0 saturated heterocycles. The van der Waals surface area contributed by atoms with E-state index in [0.29, 0.717) is 0 Å². The van der Waals surface area contributed by atoms with Gasteiger partial charge >= 0.3 is 0 Å².